The number of unbranched alkanes of at least 4 members (excludes halogenated alkanes) is 2. The second kappa shape index (κ2) is 9.14. The number of allylic oxidation sites excluding steroid dienone is 1. The number of nitrogens with zero attached hydrogens (tertiary/aromatic N) is 3. The maximum Gasteiger partial charge on any atom is 0.116 e. The van der Waals surface area contributed by atoms with Gasteiger partial charge in [0.1, 0.15) is 5.69 Å². The van der Waals surface area contributed by atoms with E-state index in [9.17, 15) is 0 Å². The van der Waals surface area contributed by atoms with Crippen LogP contribution in [0.3, 0.4) is 0 Å². The molecule has 3 aromatic rings. The van der Waals surface area contributed by atoms with Gasteiger partial charge in [0.25, 0.3) is 0 Å². The number of aromatic nitrogens is 3. The van der Waals surface area contributed by atoms with Crippen LogP contribution >= 0.6 is 0 Å². The Balaban J connectivity index is 1.82. The number of aryl methyl sites for hydroxylation is 1. The van der Waals surface area contributed by atoms with Crippen LogP contribution in [-0.2, 0) is 19.4 Å². The molecule has 134 valence electrons. The third-order valence-electron chi connectivity index (χ3n) is 4.65. The molecule has 0 saturated heterocycles. The molecule has 0 spiro atoms. The summed E-state index contributed by atoms with van der Waals surface area (Å²) < 4.78 is 1.99. The average Bonchev–Trinajstić information content (AvgIpc) is 3.06. The van der Waals surface area contributed by atoms with Crippen LogP contribution in [0.4, 0.5) is 0 Å². The third kappa shape index (κ3) is 4.48. The summed E-state index contributed by atoms with van der Waals surface area (Å²) in [4.78, 5) is 0. The summed E-state index contributed by atoms with van der Waals surface area (Å²) in [6.45, 7) is 6.87. The molecule has 0 fully saturated rings. The molecular weight excluding hydrogens is 318 g/mol. The van der Waals surface area contributed by atoms with E-state index in [4.69, 9.17) is 0 Å². The van der Waals surface area contributed by atoms with Crippen LogP contribution in [0.5, 0.6) is 0 Å². The first-order valence-electron chi connectivity index (χ1n) is 9.48. The van der Waals surface area contributed by atoms with E-state index >= 15 is 0 Å². The fraction of sp³-hybridized carbons (Fsp3) is 0.304. The van der Waals surface area contributed by atoms with Crippen molar-refractivity contribution in [2.24, 2.45) is 0 Å². The van der Waals surface area contributed by atoms with E-state index in [1.54, 1.807) is 0 Å². The lowest BCUT2D eigenvalue weighted by Crippen LogP contribution is -2.06. The first-order valence-corrected chi connectivity index (χ1v) is 9.48. The normalized spacial score (nSPS) is 10.8. The zero-order chi connectivity index (χ0) is 18.2. The molecule has 3 rings (SSSR count). The van der Waals surface area contributed by atoms with Crippen LogP contribution in [0.1, 0.15) is 43.0 Å². The predicted octanol–water partition coefficient (Wildman–Crippen LogP) is 5.45. The van der Waals surface area contributed by atoms with Gasteiger partial charge in [0.2, 0.25) is 0 Å². The van der Waals surface area contributed by atoms with E-state index in [1.807, 2.05) is 16.8 Å². The summed E-state index contributed by atoms with van der Waals surface area (Å²) in [5.74, 6) is 0. The van der Waals surface area contributed by atoms with E-state index in [0.717, 1.165) is 36.3 Å². The molecule has 0 radical (unpaired) electrons. The van der Waals surface area contributed by atoms with Crippen molar-refractivity contribution in [3.05, 3.63) is 84.1 Å². The van der Waals surface area contributed by atoms with Crippen molar-refractivity contribution < 1.29 is 0 Å². The van der Waals surface area contributed by atoms with E-state index in [1.165, 1.54) is 30.4 Å². The van der Waals surface area contributed by atoms with Gasteiger partial charge >= 0.3 is 0 Å². The van der Waals surface area contributed by atoms with E-state index < -0.39 is 0 Å². The maximum absolute atomic E-state index is 4.47. The number of rotatable bonds is 9. The Morgan fingerprint density at radius 1 is 0.962 bits per heavy atom. The van der Waals surface area contributed by atoms with E-state index in [-0.39, 0.29) is 0 Å². The van der Waals surface area contributed by atoms with Crippen molar-refractivity contribution in [3.63, 3.8) is 0 Å². The summed E-state index contributed by atoms with van der Waals surface area (Å²) in [6, 6.07) is 19.2. The van der Waals surface area contributed by atoms with Crippen molar-refractivity contribution in [1.29, 1.82) is 0 Å². The number of hydrogen-bond donors (Lipinski definition) is 0. The second-order valence-corrected chi connectivity index (χ2v) is 6.67. The number of benzene rings is 2. The minimum atomic E-state index is 0.728. The van der Waals surface area contributed by atoms with Gasteiger partial charge in [-0.25, -0.2) is 4.68 Å². The Hall–Kier alpha value is -2.68. The Morgan fingerprint density at radius 3 is 2.42 bits per heavy atom. The summed E-state index contributed by atoms with van der Waals surface area (Å²) in [6.07, 6.45) is 7.63. The molecule has 0 aliphatic heterocycles. The van der Waals surface area contributed by atoms with Crippen LogP contribution in [-0.4, -0.2) is 15.0 Å². The highest BCUT2D eigenvalue weighted by molar-refractivity contribution is 5.62. The van der Waals surface area contributed by atoms with Crippen molar-refractivity contribution in [2.45, 2.75) is 45.6 Å². The lowest BCUT2D eigenvalue weighted by molar-refractivity contribution is 0.627. The highest BCUT2D eigenvalue weighted by Crippen LogP contribution is 2.23. The van der Waals surface area contributed by atoms with Crippen LogP contribution < -0.4 is 0 Å². The Morgan fingerprint density at radius 2 is 1.73 bits per heavy atom. The Labute approximate surface area is 156 Å². The molecule has 0 amide bonds. The lowest BCUT2D eigenvalue weighted by Gasteiger charge is -2.07. The van der Waals surface area contributed by atoms with Crippen LogP contribution in [0.2, 0.25) is 0 Å². The van der Waals surface area contributed by atoms with Gasteiger partial charge in [0, 0.05) is 12.0 Å². The molecule has 3 nitrogen and oxygen atoms in total. The molecule has 26 heavy (non-hydrogen) atoms. The van der Waals surface area contributed by atoms with Crippen molar-refractivity contribution in [3.8, 4) is 11.3 Å². The molecule has 1 heterocycles. The summed E-state index contributed by atoms with van der Waals surface area (Å²) in [5, 5.41) is 8.88. The summed E-state index contributed by atoms with van der Waals surface area (Å²) in [7, 11) is 0. The first-order chi connectivity index (χ1) is 12.8. The topological polar surface area (TPSA) is 30.7 Å². The van der Waals surface area contributed by atoms with Gasteiger partial charge in [0.05, 0.1) is 12.2 Å². The second-order valence-electron chi connectivity index (χ2n) is 6.67. The monoisotopic (exact) mass is 345 g/mol. The molecule has 0 bridgehead atoms. The van der Waals surface area contributed by atoms with Gasteiger partial charge in [-0.2, -0.15) is 0 Å². The zero-order valence-electron chi connectivity index (χ0n) is 15.6. The standard InChI is InChI=1S/C23H27N3/c1-3-5-7-11-19-14-16-21(17-15-19)23-22(10-4-2)26(25-24-23)18-20-12-8-6-9-13-20/h4,6,8-9,12-17H,2-3,5,7,10-11,18H2,1H3. The fourth-order valence-corrected chi connectivity index (χ4v) is 3.19. The Bertz CT molecular complexity index is 816. The fourth-order valence-electron chi connectivity index (χ4n) is 3.19. The highest BCUT2D eigenvalue weighted by atomic mass is 15.4. The molecule has 0 unspecified atom stereocenters. The third-order valence-corrected chi connectivity index (χ3v) is 4.65. The molecule has 0 aliphatic rings. The summed E-state index contributed by atoms with van der Waals surface area (Å²) in [5.41, 5.74) is 5.81. The van der Waals surface area contributed by atoms with Crippen LogP contribution in [0, 0.1) is 0 Å². The molecule has 1 aromatic heterocycles. The average molecular weight is 345 g/mol. The van der Waals surface area contributed by atoms with Gasteiger partial charge < -0.3 is 0 Å². The molecule has 3 heteroatoms. The Kier molecular flexibility index (Phi) is 6.37. The minimum absolute atomic E-state index is 0.728. The largest absolute Gasteiger partial charge is 0.244 e. The maximum atomic E-state index is 4.47. The SMILES string of the molecule is C=CCc1c(-c2ccc(CCCCC)cc2)nnn1Cc1ccccc1. The van der Waals surface area contributed by atoms with Gasteiger partial charge in [-0.1, -0.05) is 85.7 Å². The number of hydrogen-bond acceptors (Lipinski definition) is 2. The quantitative estimate of drug-likeness (QED) is 0.381. The van der Waals surface area contributed by atoms with Gasteiger partial charge in [-0.3, -0.25) is 0 Å². The smallest absolute Gasteiger partial charge is 0.116 e. The molecular formula is C23H27N3. The molecule has 0 N–H and O–H groups in total. The lowest BCUT2D eigenvalue weighted by atomic mass is 10.0. The van der Waals surface area contributed by atoms with Gasteiger partial charge in [-0.15, -0.1) is 11.7 Å². The highest BCUT2D eigenvalue weighted by Gasteiger charge is 2.14. The molecule has 0 saturated carbocycles. The van der Waals surface area contributed by atoms with Gasteiger partial charge in [-0.05, 0) is 24.0 Å². The molecule has 0 aliphatic carbocycles. The minimum Gasteiger partial charge on any atom is -0.244 e. The molecule has 0 atom stereocenters. The van der Waals surface area contributed by atoms with Crippen LogP contribution in [0.15, 0.2) is 67.3 Å². The predicted molar refractivity (Wildman–Crippen MR) is 108 cm³/mol. The van der Waals surface area contributed by atoms with Crippen molar-refractivity contribution in [2.75, 3.05) is 0 Å². The summed E-state index contributed by atoms with van der Waals surface area (Å²) >= 11 is 0. The van der Waals surface area contributed by atoms with E-state index in [2.05, 4.69) is 72.3 Å². The van der Waals surface area contributed by atoms with Gasteiger partial charge in [0.15, 0.2) is 0 Å². The first kappa shape index (κ1) is 18.1. The van der Waals surface area contributed by atoms with Crippen molar-refractivity contribution >= 4 is 0 Å². The molecule has 2 aromatic carbocycles. The van der Waals surface area contributed by atoms with Crippen LogP contribution in [0.25, 0.3) is 11.3 Å². The van der Waals surface area contributed by atoms with Crippen molar-refractivity contribution in [1.82, 2.24) is 15.0 Å². The van der Waals surface area contributed by atoms with E-state index in [0.29, 0.717) is 0 Å². The zero-order valence-corrected chi connectivity index (χ0v) is 15.6.